The van der Waals surface area contributed by atoms with Crippen LogP contribution in [-0.4, -0.2) is 4.98 Å². The number of aryl methyl sites for hydroxylation is 3. The lowest BCUT2D eigenvalue weighted by Gasteiger charge is -2.06. The van der Waals surface area contributed by atoms with Gasteiger partial charge in [-0.1, -0.05) is 6.07 Å². The van der Waals surface area contributed by atoms with E-state index >= 15 is 0 Å². The molecule has 0 amide bonds. The zero-order valence-corrected chi connectivity index (χ0v) is 9.87. The van der Waals surface area contributed by atoms with E-state index in [1.165, 1.54) is 11.1 Å². The highest BCUT2D eigenvalue weighted by molar-refractivity contribution is 5.48. The third-order valence-corrected chi connectivity index (χ3v) is 2.33. The molecule has 0 bridgehead atoms. The summed E-state index contributed by atoms with van der Waals surface area (Å²) in [5, 5.41) is 3.30. The first-order valence-corrected chi connectivity index (χ1v) is 5.37. The molecule has 1 heterocycles. The molecule has 0 saturated carbocycles. The van der Waals surface area contributed by atoms with Crippen LogP contribution >= 0.6 is 0 Å². The van der Waals surface area contributed by atoms with Crippen molar-refractivity contribution >= 4 is 5.69 Å². The number of nitrogens with one attached hydrogen (secondary N) is 1. The molecule has 0 saturated heterocycles. The molecule has 0 aliphatic rings. The zero-order chi connectivity index (χ0) is 11.5. The van der Waals surface area contributed by atoms with Gasteiger partial charge in [0.2, 0.25) is 5.89 Å². The molecule has 0 aliphatic carbocycles. The molecule has 1 N–H and O–H groups in total. The normalized spacial score (nSPS) is 10.4. The third-order valence-electron chi connectivity index (χ3n) is 2.33. The van der Waals surface area contributed by atoms with Crippen LogP contribution in [0.1, 0.15) is 22.8 Å². The molecule has 1 aromatic heterocycles. The second-order valence-electron chi connectivity index (χ2n) is 4.09. The maximum atomic E-state index is 5.39. The van der Waals surface area contributed by atoms with Gasteiger partial charge in [-0.2, -0.15) is 0 Å². The number of hydrogen-bond acceptors (Lipinski definition) is 3. The lowest BCUT2D eigenvalue weighted by Crippen LogP contribution is -2.00. The predicted molar refractivity (Wildman–Crippen MR) is 64.5 cm³/mol. The number of hydrogen-bond donors (Lipinski definition) is 1. The summed E-state index contributed by atoms with van der Waals surface area (Å²) < 4.78 is 5.39. The largest absolute Gasteiger partial charge is 0.444 e. The summed E-state index contributed by atoms with van der Waals surface area (Å²) in [6.07, 6.45) is 1.73. The average Bonchev–Trinajstić information content (AvgIpc) is 2.60. The van der Waals surface area contributed by atoms with Crippen LogP contribution in [0.15, 0.2) is 28.8 Å². The summed E-state index contributed by atoms with van der Waals surface area (Å²) in [5.41, 5.74) is 3.62. The van der Waals surface area contributed by atoms with Gasteiger partial charge in [-0.25, -0.2) is 4.98 Å². The minimum absolute atomic E-state index is 0.622. The van der Waals surface area contributed by atoms with Gasteiger partial charge in [-0.3, -0.25) is 0 Å². The Labute approximate surface area is 95.5 Å². The molecule has 0 aliphatic heterocycles. The minimum Gasteiger partial charge on any atom is -0.444 e. The Morgan fingerprint density at radius 1 is 1.12 bits per heavy atom. The number of oxazole rings is 1. The lowest BCUT2D eigenvalue weighted by atomic mass is 10.1. The highest BCUT2D eigenvalue weighted by Crippen LogP contribution is 2.14. The van der Waals surface area contributed by atoms with Gasteiger partial charge < -0.3 is 9.73 Å². The van der Waals surface area contributed by atoms with Crippen molar-refractivity contribution in [1.82, 2.24) is 4.98 Å². The monoisotopic (exact) mass is 216 g/mol. The summed E-state index contributed by atoms with van der Waals surface area (Å²) in [7, 11) is 0. The Morgan fingerprint density at radius 2 is 1.81 bits per heavy atom. The van der Waals surface area contributed by atoms with Crippen LogP contribution in [-0.2, 0) is 6.54 Å². The molecular weight excluding hydrogens is 200 g/mol. The van der Waals surface area contributed by atoms with Gasteiger partial charge in [-0.15, -0.1) is 0 Å². The van der Waals surface area contributed by atoms with E-state index in [1.54, 1.807) is 6.20 Å². The number of rotatable bonds is 3. The van der Waals surface area contributed by atoms with Crippen molar-refractivity contribution in [3.05, 3.63) is 47.2 Å². The van der Waals surface area contributed by atoms with Gasteiger partial charge in [0.05, 0.1) is 12.7 Å². The number of benzene rings is 1. The van der Waals surface area contributed by atoms with Crippen molar-refractivity contribution in [1.29, 1.82) is 0 Å². The molecule has 0 unspecified atom stereocenters. The molecule has 2 rings (SSSR count). The molecule has 0 fully saturated rings. The quantitative estimate of drug-likeness (QED) is 0.856. The fraction of sp³-hybridized carbons (Fsp3) is 0.308. The van der Waals surface area contributed by atoms with Crippen molar-refractivity contribution in [2.75, 3.05) is 5.32 Å². The minimum atomic E-state index is 0.622. The Bertz CT molecular complexity index is 468. The van der Waals surface area contributed by atoms with E-state index in [9.17, 15) is 0 Å². The van der Waals surface area contributed by atoms with Gasteiger partial charge in [0.25, 0.3) is 0 Å². The van der Waals surface area contributed by atoms with Crippen LogP contribution in [0, 0.1) is 20.8 Å². The van der Waals surface area contributed by atoms with E-state index in [1.807, 2.05) is 6.92 Å². The molecule has 3 heteroatoms. The highest BCUT2D eigenvalue weighted by Gasteiger charge is 2.00. The summed E-state index contributed by atoms with van der Waals surface area (Å²) in [6, 6.07) is 6.38. The van der Waals surface area contributed by atoms with Crippen LogP contribution < -0.4 is 5.32 Å². The van der Waals surface area contributed by atoms with Gasteiger partial charge >= 0.3 is 0 Å². The van der Waals surface area contributed by atoms with Gasteiger partial charge in [0.1, 0.15) is 5.76 Å². The van der Waals surface area contributed by atoms with E-state index in [0.717, 1.165) is 17.3 Å². The maximum Gasteiger partial charge on any atom is 0.213 e. The summed E-state index contributed by atoms with van der Waals surface area (Å²) in [5.74, 6) is 1.56. The van der Waals surface area contributed by atoms with Crippen LogP contribution in [0.3, 0.4) is 0 Å². The Balaban J connectivity index is 2.04. The smallest absolute Gasteiger partial charge is 0.213 e. The first-order chi connectivity index (χ1) is 7.63. The topological polar surface area (TPSA) is 38.1 Å². The molecule has 84 valence electrons. The molecule has 0 atom stereocenters. The highest BCUT2D eigenvalue weighted by atomic mass is 16.4. The van der Waals surface area contributed by atoms with E-state index in [-0.39, 0.29) is 0 Å². The first kappa shape index (κ1) is 10.7. The van der Waals surface area contributed by atoms with Crippen LogP contribution in [0.5, 0.6) is 0 Å². The SMILES string of the molecule is Cc1cc(C)cc(NCc2ncc(C)o2)c1. The summed E-state index contributed by atoms with van der Waals surface area (Å²) >= 11 is 0. The van der Waals surface area contributed by atoms with Gasteiger partial charge in [-0.05, 0) is 44.0 Å². The molecule has 2 aromatic rings. The third kappa shape index (κ3) is 2.63. The fourth-order valence-electron chi connectivity index (χ4n) is 1.74. The summed E-state index contributed by atoms with van der Waals surface area (Å²) in [6.45, 7) is 6.70. The summed E-state index contributed by atoms with van der Waals surface area (Å²) in [4.78, 5) is 4.15. The molecule has 0 radical (unpaired) electrons. The number of anilines is 1. The van der Waals surface area contributed by atoms with Crippen molar-refractivity contribution in [2.24, 2.45) is 0 Å². The molecule has 1 aromatic carbocycles. The van der Waals surface area contributed by atoms with E-state index < -0.39 is 0 Å². The van der Waals surface area contributed by atoms with E-state index in [4.69, 9.17) is 4.42 Å². The van der Waals surface area contributed by atoms with Crippen molar-refractivity contribution in [3.63, 3.8) is 0 Å². The van der Waals surface area contributed by atoms with Crippen molar-refractivity contribution in [2.45, 2.75) is 27.3 Å². The van der Waals surface area contributed by atoms with Gasteiger partial charge in [0.15, 0.2) is 0 Å². The fourth-order valence-corrected chi connectivity index (χ4v) is 1.74. The molecule has 0 spiro atoms. The van der Waals surface area contributed by atoms with Crippen molar-refractivity contribution in [3.8, 4) is 0 Å². The maximum absolute atomic E-state index is 5.39. The average molecular weight is 216 g/mol. The van der Waals surface area contributed by atoms with E-state index in [2.05, 4.69) is 42.3 Å². The number of nitrogens with zero attached hydrogens (tertiary/aromatic N) is 1. The Morgan fingerprint density at radius 3 is 2.38 bits per heavy atom. The van der Waals surface area contributed by atoms with Crippen LogP contribution in [0.2, 0.25) is 0 Å². The molecular formula is C13H16N2O. The zero-order valence-electron chi connectivity index (χ0n) is 9.87. The Hall–Kier alpha value is -1.77. The lowest BCUT2D eigenvalue weighted by molar-refractivity contribution is 0.479. The standard InChI is InChI=1S/C13H16N2O/c1-9-4-10(2)6-12(5-9)14-8-13-15-7-11(3)16-13/h4-7,14H,8H2,1-3H3. The van der Waals surface area contributed by atoms with E-state index in [0.29, 0.717) is 6.54 Å². The second-order valence-corrected chi connectivity index (χ2v) is 4.09. The Kier molecular flexibility index (Phi) is 2.95. The second kappa shape index (κ2) is 4.39. The predicted octanol–water partition coefficient (Wildman–Crippen LogP) is 3.21. The van der Waals surface area contributed by atoms with Crippen molar-refractivity contribution < 1.29 is 4.42 Å². The molecule has 16 heavy (non-hydrogen) atoms. The van der Waals surface area contributed by atoms with Crippen LogP contribution in [0.25, 0.3) is 0 Å². The first-order valence-electron chi connectivity index (χ1n) is 5.37. The van der Waals surface area contributed by atoms with Gasteiger partial charge in [0, 0.05) is 5.69 Å². The van der Waals surface area contributed by atoms with Crippen LogP contribution in [0.4, 0.5) is 5.69 Å². The number of aromatic nitrogens is 1. The molecule has 3 nitrogen and oxygen atoms in total.